The molecule has 0 aliphatic carbocycles. The van der Waals surface area contributed by atoms with Gasteiger partial charge in [0.15, 0.2) is 0 Å². The first-order chi connectivity index (χ1) is 10.9. The summed E-state index contributed by atoms with van der Waals surface area (Å²) in [7, 11) is 0. The number of nitro groups is 1. The molecule has 1 unspecified atom stereocenters. The summed E-state index contributed by atoms with van der Waals surface area (Å²) in [6.45, 7) is 6.14. The van der Waals surface area contributed by atoms with Crippen LogP contribution in [-0.4, -0.2) is 10.8 Å². The second kappa shape index (κ2) is 7.05. The highest BCUT2D eigenvalue weighted by Gasteiger charge is 2.14. The van der Waals surface area contributed by atoms with Crippen LogP contribution >= 0.6 is 0 Å². The van der Waals surface area contributed by atoms with Crippen LogP contribution in [0.5, 0.6) is 0 Å². The maximum Gasteiger partial charge on any atom is 0.270 e. The van der Waals surface area contributed by atoms with Crippen molar-refractivity contribution in [2.24, 2.45) is 0 Å². The third-order valence-electron chi connectivity index (χ3n) is 3.77. The Balaban J connectivity index is 2.10. The topological polar surface area (TPSA) is 72.2 Å². The fraction of sp³-hybridized carbons (Fsp3) is 0.278. The second-order valence-electron chi connectivity index (χ2n) is 5.82. The summed E-state index contributed by atoms with van der Waals surface area (Å²) >= 11 is 0. The first kappa shape index (κ1) is 16.7. The van der Waals surface area contributed by atoms with Crippen molar-refractivity contribution in [1.82, 2.24) is 5.32 Å². The predicted octanol–water partition coefficient (Wildman–Crippen LogP) is 4.21. The van der Waals surface area contributed by atoms with Crippen molar-refractivity contribution in [3.05, 3.63) is 75.3 Å². The lowest BCUT2D eigenvalue weighted by Crippen LogP contribution is -2.26. The third kappa shape index (κ3) is 4.16. The summed E-state index contributed by atoms with van der Waals surface area (Å²) in [4.78, 5) is 22.5. The zero-order valence-electron chi connectivity index (χ0n) is 13.4. The summed E-state index contributed by atoms with van der Waals surface area (Å²) < 4.78 is 0. The molecule has 2 aromatic carbocycles. The Labute approximate surface area is 135 Å². The van der Waals surface area contributed by atoms with E-state index in [0.717, 1.165) is 5.56 Å². The van der Waals surface area contributed by atoms with Crippen LogP contribution in [0.3, 0.4) is 0 Å². The van der Waals surface area contributed by atoms with Crippen LogP contribution in [-0.2, 0) is 0 Å². The molecular weight excluding hydrogens is 292 g/mol. The fourth-order valence-electron chi connectivity index (χ4n) is 2.29. The molecule has 1 atom stereocenters. The molecule has 0 saturated carbocycles. The highest BCUT2D eigenvalue weighted by atomic mass is 16.6. The molecule has 120 valence electrons. The molecule has 0 heterocycles. The molecule has 0 saturated heterocycles. The predicted molar refractivity (Wildman–Crippen MR) is 89.5 cm³/mol. The Hall–Kier alpha value is -2.69. The summed E-state index contributed by atoms with van der Waals surface area (Å²) in [6, 6.07) is 13.6. The molecule has 2 rings (SSSR count). The molecule has 5 nitrogen and oxygen atoms in total. The van der Waals surface area contributed by atoms with Gasteiger partial charge in [0.1, 0.15) is 0 Å². The molecule has 2 aromatic rings. The second-order valence-corrected chi connectivity index (χ2v) is 5.82. The molecule has 5 heteroatoms. The van der Waals surface area contributed by atoms with Crippen molar-refractivity contribution in [2.75, 3.05) is 0 Å². The fourth-order valence-corrected chi connectivity index (χ4v) is 2.29. The molecule has 0 aliphatic heterocycles. The SMILES string of the molecule is CC(C)c1ccc(C(C)NC(=O)c2cccc([N+](=O)[O-])c2)cc1. The summed E-state index contributed by atoms with van der Waals surface area (Å²) in [5, 5.41) is 13.6. The van der Waals surface area contributed by atoms with Crippen LogP contribution in [0.2, 0.25) is 0 Å². The van der Waals surface area contributed by atoms with E-state index in [-0.39, 0.29) is 23.2 Å². The van der Waals surface area contributed by atoms with Crippen LogP contribution in [0.1, 0.15) is 54.2 Å². The van der Waals surface area contributed by atoms with E-state index in [4.69, 9.17) is 0 Å². The van der Waals surface area contributed by atoms with Gasteiger partial charge in [0.25, 0.3) is 11.6 Å². The number of carbonyl (C=O) groups is 1. The summed E-state index contributed by atoms with van der Waals surface area (Å²) in [5.41, 5.74) is 2.43. The first-order valence-corrected chi connectivity index (χ1v) is 7.53. The minimum atomic E-state index is -0.509. The molecule has 0 fully saturated rings. The number of hydrogen-bond donors (Lipinski definition) is 1. The number of nitrogens with zero attached hydrogens (tertiary/aromatic N) is 1. The standard InChI is InChI=1S/C18H20N2O3/c1-12(2)14-7-9-15(10-8-14)13(3)19-18(21)16-5-4-6-17(11-16)20(22)23/h4-13H,1-3H3,(H,19,21). The van der Waals surface area contributed by atoms with Crippen LogP contribution in [0.25, 0.3) is 0 Å². The van der Waals surface area contributed by atoms with Crippen molar-refractivity contribution < 1.29 is 9.72 Å². The molecule has 0 radical (unpaired) electrons. The van der Waals surface area contributed by atoms with Crippen molar-refractivity contribution in [2.45, 2.75) is 32.7 Å². The van der Waals surface area contributed by atoms with Gasteiger partial charge in [-0.3, -0.25) is 14.9 Å². The summed E-state index contributed by atoms with van der Waals surface area (Å²) in [6.07, 6.45) is 0. The molecule has 0 spiro atoms. The van der Waals surface area contributed by atoms with Crippen LogP contribution in [0, 0.1) is 10.1 Å². The van der Waals surface area contributed by atoms with Crippen LogP contribution in [0.4, 0.5) is 5.69 Å². The number of nitro benzene ring substituents is 1. The largest absolute Gasteiger partial charge is 0.346 e. The maximum absolute atomic E-state index is 12.2. The maximum atomic E-state index is 12.2. The summed E-state index contributed by atoms with van der Waals surface area (Å²) in [5.74, 6) is 0.132. The Kier molecular flexibility index (Phi) is 5.11. The molecule has 1 N–H and O–H groups in total. The highest BCUT2D eigenvalue weighted by Crippen LogP contribution is 2.19. The van der Waals surface area contributed by atoms with E-state index in [1.807, 2.05) is 19.1 Å². The lowest BCUT2D eigenvalue weighted by Gasteiger charge is -2.15. The Bertz CT molecular complexity index is 708. The van der Waals surface area contributed by atoms with E-state index in [1.165, 1.54) is 23.8 Å². The van der Waals surface area contributed by atoms with Gasteiger partial charge in [-0.1, -0.05) is 44.2 Å². The molecule has 1 amide bonds. The van der Waals surface area contributed by atoms with Crippen molar-refractivity contribution in [1.29, 1.82) is 0 Å². The van der Waals surface area contributed by atoms with Gasteiger partial charge in [0.2, 0.25) is 0 Å². The quantitative estimate of drug-likeness (QED) is 0.664. The molecule has 0 aromatic heterocycles. The van der Waals surface area contributed by atoms with E-state index < -0.39 is 4.92 Å². The van der Waals surface area contributed by atoms with Gasteiger partial charge in [0.05, 0.1) is 11.0 Å². The van der Waals surface area contributed by atoms with E-state index in [1.54, 1.807) is 6.07 Å². The Morgan fingerprint density at radius 1 is 1.04 bits per heavy atom. The average Bonchev–Trinajstić information content (AvgIpc) is 2.54. The van der Waals surface area contributed by atoms with Gasteiger partial charge < -0.3 is 5.32 Å². The number of hydrogen-bond acceptors (Lipinski definition) is 3. The third-order valence-corrected chi connectivity index (χ3v) is 3.77. The average molecular weight is 312 g/mol. The van der Waals surface area contributed by atoms with E-state index in [0.29, 0.717) is 5.92 Å². The normalized spacial score (nSPS) is 12.0. The number of rotatable bonds is 5. The monoisotopic (exact) mass is 312 g/mol. The molecule has 0 aliphatic rings. The first-order valence-electron chi connectivity index (χ1n) is 7.53. The number of amides is 1. The minimum Gasteiger partial charge on any atom is -0.346 e. The smallest absolute Gasteiger partial charge is 0.270 e. The minimum absolute atomic E-state index is 0.0911. The number of carbonyl (C=O) groups excluding carboxylic acids is 1. The van der Waals surface area contributed by atoms with Gasteiger partial charge in [-0.2, -0.15) is 0 Å². The lowest BCUT2D eigenvalue weighted by atomic mass is 9.99. The van der Waals surface area contributed by atoms with Gasteiger partial charge >= 0.3 is 0 Å². The van der Waals surface area contributed by atoms with Crippen molar-refractivity contribution in [3.63, 3.8) is 0 Å². The zero-order chi connectivity index (χ0) is 17.0. The number of nitrogens with one attached hydrogen (secondary N) is 1. The van der Waals surface area contributed by atoms with Crippen molar-refractivity contribution >= 4 is 11.6 Å². The Morgan fingerprint density at radius 2 is 1.65 bits per heavy atom. The van der Waals surface area contributed by atoms with Crippen molar-refractivity contribution in [3.8, 4) is 0 Å². The van der Waals surface area contributed by atoms with Gasteiger partial charge in [-0.15, -0.1) is 0 Å². The van der Waals surface area contributed by atoms with E-state index in [9.17, 15) is 14.9 Å². The molecular formula is C18H20N2O3. The Morgan fingerprint density at radius 3 is 2.22 bits per heavy atom. The van der Waals surface area contributed by atoms with Gasteiger partial charge in [0, 0.05) is 17.7 Å². The molecule has 23 heavy (non-hydrogen) atoms. The van der Waals surface area contributed by atoms with Gasteiger partial charge in [-0.05, 0) is 30.0 Å². The van der Waals surface area contributed by atoms with Gasteiger partial charge in [-0.25, -0.2) is 0 Å². The van der Waals surface area contributed by atoms with Crippen LogP contribution in [0.15, 0.2) is 48.5 Å². The highest BCUT2D eigenvalue weighted by molar-refractivity contribution is 5.95. The van der Waals surface area contributed by atoms with E-state index in [2.05, 4.69) is 31.3 Å². The lowest BCUT2D eigenvalue weighted by molar-refractivity contribution is -0.384. The number of benzene rings is 2. The number of non-ortho nitro benzene ring substituents is 1. The van der Waals surface area contributed by atoms with Crippen LogP contribution < -0.4 is 5.32 Å². The zero-order valence-corrected chi connectivity index (χ0v) is 13.4. The molecule has 0 bridgehead atoms. The van der Waals surface area contributed by atoms with E-state index >= 15 is 0 Å².